The summed E-state index contributed by atoms with van der Waals surface area (Å²) in [6, 6.07) is 6.40. The van der Waals surface area contributed by atoms with Crippen molar-refractivity contribution in [3.05, 3.63) is 74.9 Å². The maximum Gasteiger partial charge on any atom is 0.252 e. The molecule has 1 N–H and O–H groups in total. The van der Waals surface area contributed by atoms with Crippen LogP contribution in [0.25, 0.3) is 5.95 Å². The summed E-state index contributed by atoms with van der Waals surface area (Å²) in [6.07, 6.45) is 2.77. The summed E-state index contributed by atoms with van der Waals surface area (Å²) in [5.74, 6) is 1.33. The Kier molecular flexibility index (Phi) is 5.04. The number of nitrogens with zero attached hydrogens (tertiary/aromatic N) is 4. The van der Waals surface area contributed by atoms with Gasteiger partial charge >= 0.3 is 0 Å². The van der Waals surface area contributed by atoms with Crippen molar-refractivity contribution in [3.63, 3.8) is 0 Å². The van der Waals surface area contributed by atoms with Crippen LogP contribution in [0.3, 0.4) is 0 Å². The second kappa shape index (κ2) is 7.62. The summed E-state index contributed by atoms with van der Waals surface area (Å²) in [5, 5.41) is 8.53. The van der Waals surface area contributed by atoms with Gasteiger partial charge in [0.05, 0.1) is 11.6 Å². The van der Waals surface area contributed by atoms with Crippen LogP contribution >= 0.6 is 0 Å². The first-order chi connectivity index (χ1) is 15.9. The van der Waals surface area contributed by atoms with Gasteiger partial charge in [-0.3, -0.25) is 4.79 Å². The third-order valence-electron chi connectivity index (χ3n) is 7.08. The summed E-state index contributed by atoms with van der Waals surface area (Å²) in [5.41, 5.74) is 9.39. The van der Waals surface area contributed by atoms with E-state index in [0.717, 1.165) is 34.2 Å². The summed E-state index contributed by atoms with van der Waals surface area (Å²) in [6.45, 7) is 16.6. The lowest BCUT2D eigenvalue weighted by molar-refractivity contribution is -0.124. The van der Waals surface area contributed by atoms with Gasteiger partial charge < -0.3 is 5.32 Å². The molecule has 5 rings (SSSR count). The maximum absolute atomic E-state index is 13.7. The highest BCUT2D eigenvalue weighted by atomic mass is 16.1. The molecule has 0 bridgehead atoms. The van der Waals surface area contributed by atoms with Crippen LogP contribution in [-0.4, -0.2) is 25.5 Å². The highest BCUT2D eigenvalue weighted by Gasteiger charge is 2.47. The number of hydrogen-bond donors (Lipinski definition) is 1. The van der Waals surface area contributed by atoms with Crippen LogP contribution < -0.4 is 5.32 Å². The van der Waals surface area contributed by atoms with Gasteiger partial charge in [0.1, 0.15) is 11.6 Å². The lowest BCUT2D eigenvalue weighted by atomic mass is 9.65. The Bertz CT molecular complexity index is 1330. The zero-order chi connectivity index (χ0) is 24.5. The van der Waals surface area contributed by atoms with Crippen molar-refractivity contribution in [2.24, 2.45) is 11.3 Å². The first-order valence-corrected chi connectivity index (χ1v) is 12.0. The molecule has 2 aromatic heterocycles. The van der Waals surface area contributed by atoms with E-state index >= 15 is 0 Å². The van der Waals surface area contributed by atoms with E-state index in [1.807, 2.05) is 31.5 Å². The third-order valence-corrected chi connectivity index (χ3v) is 7.08. The normalized spacial score (nSPS) is 20.9. The number of allylic oxidation sites excluding steroid dienone is 2. The zero-order valence-corrected chi connectivity index (χ0v) is 21.4. The van der Waals surface area contributed by atoms with E-state index in [0.29, 0.717) is 12.4 Å². The molecule has 1 aliphatic heterocycles. The number of Topliss-reactive ketones (excluding diaryl/α,β-unsaturated/α-hetero) is 1. The molecule has 6 nitrogen and oxygen atoms in total. The average molecular weight is 456 g/mol. The summed E-state index contributed by atoms with van der Waals surface area (Å²) in [7, 11) is 0. The van der Waals surface area contributed by atoms with E-state index in [-0.39, 0.29) is 23.0 Å². The van der Waals surface area contributed by atoms with E-state index in [4.69, 9.17) is 5.10 Å². The Balaban J connectivity index is 1.82. The fraction of sp³-hybridized carbons (Fsp3) is 0.429. The van der Waals surface area contributed by atoms with E-state index in [2.05, 4.69) is 68.1 Å². The molecular formula is C28H33N5O. The molecule has 2 aliphatic rings. The number of fused-ring (bicyclic) bond motifs is 2. The summed E-state index contributed by atoms with van der Waals surface area (Å²) < 4.78 is 1.82. The van der Waals surface area contributed by atoms with Gasteiger partial charge in [0, 0.05) is 35.0 Å². The minimum absolute atomic E-state index is 0.105. The molecule has 0 fully saturated rings. The minimum Gasteiger partial charge on any atom is -0.343 e. The lowest BCUT2D eigenvalue weighted by Gasteiger charge is -2.41. The quantitative estimate of drug-likeness (QED) is 0.547. The molecule has 176 valence electrons. The number of ketones is 1. The molecular weight excluding hydrogens is 422 g/mol. The number of carbonyl (C=O) groups excluding carboxylic acids is 1. The largest absolute Gasteiger partial charge is 0.343 e. The molecule has 34 heavy (non-hydrogen) atoms. The fourth-order valence-electron chi connectivity index (χ4n) is 6.05. The topological polar surface area (TPSA) is 72.7 Å². The van der Waals surface area contributed by atoms with Crippen LogP contribution in [0.5, 0.6) is 0 Å². The number of hydrogen-bond acceptors (Lipinski definition) is 5. The van der Waals surface area contributed by atoms with Gasteiger partial charge in [-0.1, -0.05) is 37.6 Å². The average Bonchev–Trinajstić information content (AvgIpc) is 3.01. The molecule has 1 aliphatic carbocycles. The summed E-state index contributed by atoms with van der Waals surface area (Å²) >= 11 is 0. The second-order valence-corrected chi connectivity index (χ2v) is 10.8. The number of aromatic nitrogens is 4. The number of aryl methyl sites for hydroxylation is 6. The molecule has 6 heteroatoms. The number of rotatable bonds is 2. The van der Waals surface area contributed by atoms with Crippen molar-refractivity contribution in [2.75, 3.05) is 5.32 Å². The number of benzene rings is 1. The van der Waals surface area contributed by atoms with Crippen LogP contribution in [0.2, 0.25) is 0 Å². The lowest BCUT2D eigenvalue weighted by Crippen LogP contribution is -2.39. The number of carbonyl (C=O) groups is 1. The first-order valence-electron chi connectivity index (χ1n) is 12.0. The SMILES string of the molecule is Cc1cc(C)c([C@H]2c3c(C)nn(-c4nc(C)cc(C)n4)c3NC3=CC(C)(C)CC(=O)[C@@H]32)c(C)c1. The molecule has 0 unspecified atom stereocenters. The highest BCUT2D eigenvalue weighted by Crippen LogP contribution is 2.51. The molecule has 3 aromatic rings. The first kappa shape index (κ1) is 22.5. The van der Waals surface area contributed by atoms with E-state index in [1.165, 1.54) is 22.3 Å². The van der Waals surface area contributed by atoms with E-state index in [9.17, 15) is 4.79 Å². The molecule has 3 heterocycles. The second-order valence-electron chi connectivity index (χ2n) is 10.8. The van der Waals surface area contributed by atoms with Gasteiger partial charge in [0.15, 0.2) is 0 Å². The van der Waals surface area contributed by atoms with Gasteiger partial charge in [0.25, 0.3) is 5.95 Å². The van der Waals surface area contributed by atoms with Gasteiger partial charge in [0.2, 0.25) is 0 Å². The molecule has 0 spiro atoms. The highest BCUT2D eigenvalue weighted by molar-refractivity contribution is 5.90. The number of nitrogens with one attached hydrogen (secondary N) is 1. The molecule has 1 aromatic carbocycles. The molecule has 0 saturated carbocycles. The Hall–Kier alpha value is -3.28. The predicted octanol–water partition coefficient (Wildman–Crippen LogP) is 5.57. The van der Waals surface area contributed by atoms with Crippen molar-refractivity contribution in [3.8, 4) is 5.95 Å². The Labute approximate surface area is 201 Å². The zero-order valence-electron chi connectivity index (χ0n) is 21.4. The fourth-order valence-corrected chi connectivity index (χ4v) is 6.05. The van der Waals surface area contributed by atoms with E-state index < -0.39 is 0 Å². The summed E-state index contributed by atoms with van der Waals surface area (Å²) in [4.78, 5) is 23.0. The van der Waals surface area contributed by atoms with Crippen LogP contribution in [0.4, 0.5) is 5.82 Å². The van der Waals surface area contributed by atoms with Crippen molar-refractivity contribution in [2.45, 2.75) is 67.7 Å². The molecule has 0 radical (unpaired) electrons. The Morgan fingerprint density at radius 2 is 1.53 bits per heavy atom. The molecule has 0 saturated heterocycles. The van der Waals surface area contributed by atoms with Crippen LogP contribution in [-0.2, 0) is 4.79 Å². The minimum atomic E-state index is -0.253. The number of anilines is 1. The molecule has 0 amide bonds. The third kappa shape index (κ3) is 3.56. The smallest absolute Gasteiger partial charge is 0.252 e. The van der Waals surface area contributed by atoms with Crippen molar-refractivity contribution < 1.29 is 4.79 Å². The van der Waals surface area contributed by atoms with E-state index in [1.54, 1.807) is 0 Å². The van der Waals surface area contributed by atoms with Gasteiger partial charge in [-0.15, -0.1) is 0 Å². The van der Waals surface area contributed by atoms with Gasteiger partial charge in [-0.05, 0) is 69.7 Å². The van der Waals surface area contributed by atoms with Crippen molar-refractivity contribution in [1.82, 2.24) is 19.7 Å². The van der Waals surface area contributed by atoms with Crippen molar-refractivity contribution >= 4 is 11.6 Å². The Morgan fingerprint density at radius 3 is 2.15 bits per heavy atom. The Morgan fingerprint density at radius 1 is 0.912 bits per heavy atom. The monoisotopic (exact) mass is 455 g/mol. The van der Waals surface area contributed by atoms with Crippen LogP contribution in [0.15, 0.2) is 30.0 Å². The van der Waals surface area contributed by atoms with Gasteiger partial charge in [-0.25, -0.2) is 9.97 Å². The standard InChI is InChI=1S/C28H33N5O/c1-14-9-15(2)22(16(3)10-14)25-23-19(6)32-33(27-29-17(4)11-18(5)30-27)26(23)31-20-12-28(7,8)13-21(34)24(20)25/h9-12,24-25,31H,13H2,1-8H3/t24-,25+/m1/s1. The van der Waals surface area contributed by atoms with Crippen molar-refractivity contribution in [1.29, 1.82) is 0 Å². The van der Waals surface area contributed by atoms with Gasteiger partial charge in [-0.2, -0.15) is 9.78 Å². The van der Waals surface area contributed by atoms with Crippen LogP contribution in [0.1, 0.15) is 71.1 Å². The van der Waals surface area contributed by atoms with Crippen LogP contribution in [0, 0.1) is 52.9 Å². The molecule has 2 atom stereocenters. The predicted molar refractivity (Wildman–Crippen MR) is 134 cm³/mol. The maximum atomic E-state index is 13.7.